The summed E-state index contributed by atoms with van der Waals surface area (Å²) in [6.07, 6.45) is 5.70. The molecular formula is C16H21ClN2O2. The molecule has 0 heterocycles. The Bertz CT molecular complexity index is 496. The summed E-state index contributed by atoms with van der Waals surface area (Å²) >= 11 is 5.96. The fourth-order valence-corrected chi connectivity index (χ4v) is 2.71. The molecule has 0 bridgehead atoms. The van der Waals surface area contributed by atoms with Crippen molar-refractivity contribution in [3.63, 3.8) is 0 Å². The molecule has 0 radical (unpaired) electrons. The molecule has 21 heavy (non-hydrogen) atoms. The highest BCUT2D eigenvalue weighted by Gasteiger charge is 2.15. The topological polar surface area (TPSA) is 65.3 Å². The van der Waals surface area contributed by atoms with Crippen LogP contribution < -0.4 is 5.32 Å². The molecule has 2 rings (SSSR count). The van der Waals surface area contributed by atoms with Crippen LogP contribution in [0.1, 0.15) is 37.7 Å². The number of nitriles is 1. The fraction of sp³-hybridized carbons (Fsp3) is 0.562. The lowest BCUT2D eigenvalue weighted by atomic mass is 9.98. The van der Waals surface area contributed by atoms with E-state index in [0.29, 0.717) is 29.8 Å². The number of aliphatic hydroxyl groups is 1. The first-order valence-corrected chi connectivity index (χ1v) is 7.80. The number of benzene rings is 1. The predicted octanol–water partition coefficient (Wildman–Crippen LogP) is 3.33. The summed E-state index contributed by atoms with van der Waals surface area (Å²) in [6, 6.07) is 7.14. The molecule has 1 saturated carbocycles. The van der Waals surface area contributed by atoms with Crippen LogP contribution in [0.4, 0.5) is 5.69 Å². The second-order valence-electron chi connectivity index (χ2n) is 5.43. The largest absolute Gasteiger partial charge is 0.389 e. The molecule has 0 spiro atoms. The third-order valence-corrected chi connectivity index (χ3v) is 4.02. The quantitative estimate of drug-likeness (QED) is 0.846. The van der Waals surface area contributed by atoms with Gasteiger partial charge in [0, 0.05) is 12.2 Å². The molecule has 1 unspecified atom stereocenters. The maximum Gasteiger partial charge on any atom is 0.101 e. The van der Waals surface area contributed by atoms with Crippen molar-refractivity contribution in [1.29, 1.82) is 5.26 Å². The van der Waals surface area contributed by atoms with Crippen LogP contribution in [0.3, 0.4) is 0 Å². The summed E-state index contributed by atoms with van der Waals surface area (Å²) in [6.45, 7) is 0.747. The van der Waals surface area contributed by atoms with Crippen LogP contribution in [0.25, 0.3) is 0 Å². The van der Waals surface area contributed by atoms with Crippen LogP contribution in [0.5, 0.6) is 0 Å². The molecule has 0 aliphatic heterocycles. The van der Waals surface area contributed by atoms with E-state index in [2.05, 4.69) is 5.32 Å². The summed E-state index contributed by atoms with van der Waals surface area (Å²) < 4.78 is 5.73. The van der Waals surface area contributed by atoms with Crippen molar-refractivity contribution < 1.29 is 9.84 Å². The Hall–Kier alpha value is -1.28. The molecule has 2 N–H and O–H groups in total. The molecule has 5 heteroatoms. The molecule has 4 nitrogen and oxygen atoms in total. The van der Waals surface area contributed by atoms with Gasteiger partial charge in [-0.25, -0.2) is 0 Å². The number of hydrogen-bond acceptors (Lipinski definition) is 4. The van der Waals surface area contributed by atoms with Crippen LogP contribution in [0.15, 0.2) is 18.2 Å². The number of aliphatic hydroxyl groups excluding tert-OH is 1. The number of nitrogens with zero attached hydrogens (tertiary/aromatic N) is 1. The molecule has 0 amide bonds. The number of halogens is 1. The van der Waals surface area contributed by atoms with Gasteiger partial charge in [-0.1, -0.05) is 30.9 Å². The van der Waals surface area contributed by atoms with Gasteiger partial charge in [0.1, 0.15) is 6.07 Å². The van der Waals surface area contributed by atoms with Crippen molar-refractivity contribution >= 4 is 17.3 Å². The van der Waals surface area contributed by atoms with Gasteiger partial charge in [0.15, 0.2) is 0 Å². The molecule has 1 atom stereocenters. The van der Waals surface area contributed by atoms with Gasteiger partial charge in [-0.2, -0.15) is 5.26 Å². The molecule has 0 saturated heterocycles. The average Bonchev–Trinajstić information content (AvgIpc) is 2.52. The highest BCUT2D eigenvalue weighted by atomic mass is 35.5. The summed E-state index contributed by atoms with van der Waals surface area (Å²) in [7, 11) is 0. The summed E-state index contributed by atoms with van der Waals surface area (Å²) in [5.41, 5.74) is 1.24. The SMILES string of the molecule is N#Cc1ccc(NCC(O)COC2CCCCC2)cc1Cl. The van der Waals surface area contributed by atoms with E-state index in [1.54, 1.807) is 18.2 Å². The zero-order valence-electron chi connectivity index (χ0n) is 12.0. The zero-order chi connectivity index (χ0) is 15.1. The number of hydrogen-bond donors (Lipinski definition) is 2. The molecule has 1 aliphatic carbocycles. The van der Waals surface area contributed by atoms with Gasteiger partial charge in [-0.05, 0) is 31.0 Å². The fourth-order valence-electron chi connectivity index (χ4n) is 2.49. The minimum Gasteiger partial charge on any atom is -0.389 e. The third kappa shape index (κ3) is 5.20. The van der Waals surface area contributed by atoms with Crippen LogP contribution >= 0.6 is 11.6 Å². The predicted molar refractivity (Wildman–Crippen MR) is 83.5 cm³/mol. The van der Waals surface area contributed by atoms with Gasteiger partial charge >= 0.3 is 0 Å². The van der Waals surface area contributed by atoms with Gasteiger partial charge in [0.25, 0.3) is 0 Å². The average molecular weight is 309 g/mol. The summed E-state index contributed by atoms with van der Waals surface area (Å²) in [5.74, 6) is 0. The number of ether oxygens (including phenoxy) is 1. The van der Waals surface area contributed by atoms with Crippen LogP contribution in [0.2, 0.25) is 5.02 Å². The molecule has 1 fully saturated rings. The van der Waals surface area contributed by atoms with Crippen LogP contribution in [-0.4, -0.2) is 30.5 Å². The number of rotatable bonds is 6. The Morgan fingerprint density at radius 1 is 1.38 bits per heavy atom. The van der Waals surface area contributed by atoms with Crippen LogP contribution in [0, 0.1) is 11.3 Å². The van der Waals surface area contributed by atoms with Crippen molar-refractivity contribution in [2.24, 2.45) is 0 Å². The van der Waals surface area contributed by atoms with E-state index in [9.17, 15) is 5.11 Å². The minimum atomic E-state index is -0.554. The molecule has 0 aromatic heterocycles. The van der Waals surface area contributed by atoms with Gasteiger partial charge in [-0.3, -0.25) is 0 Å². The van der Waals surface area contributed by atoms with Gasteiger partial charge in [0.05, 0.1) is 29.4 Å². The maximum atomic E-state index is 9.94. The molecular weight excluding hydrogens is 288 g/mol. The maximum absolute atomic E-state index is 9.94. The lowest BCUT2D eigenvalue weighted by Crippen LogP contribution is -2.28. The zero-order valence-corrected chi connectivity index (χ0v) is 12.8. The highest BCUT2D eigenvalue weighted by molar-refractivity contribution is 6.32. The number of anilines is 1. The third-order valence-electron chi connectivity index (χ3n) is 3.71. The lowest BCUT2D eigenvalue weighted by molar-refractivity contribution is -0.0195. The van der Waals surface area contributed by atoms with Crippen molar-refractivity contribution in [3.05, 3.63) is 28.8 Å². The molecule has 1 aromatic rings. The Morgan fingerprint density at radius 2 is 2.14 bits per heavy atom. The smallest absolute Gasteiger partial charge is 0.101 e. The van der Waals surface area contributed by atoms with E-state index < -0.39 is 6.10 Å². The molecule has 1 aromatic carbocycles. The monoisotopic (exact) mass is 308 g/mol. The first-order valence-electron chi connectivity index (χ1n) is 7.42. The lowest BCUT2D eigenvalue weighted by Gasteiger charge is -2.23. The first kappa shape index (κ1) is 16.1. The normalized spacial score (nSPS) is 17.2. The van der Waals surface area contributed by atoms with Crippen molar-refractivity contribution in [1.82, 2.24) is 0 Å². The minimum absolute atomic E-state index is 0.303. The summed E-state index contributed by atoms with van der Waals surface area (Å²) in [4.78, 5) is 0. The van der Waals surface area contributed by atoms with E-state index in [1.807, 2.05) is 6.07 Å². The Kier molecular flexibility index (Phi) is 6.31. The molecule has 114 valence electrons. The van der Waals surface area contributed by atoms with Gasteiger partial charge in [0.2, 0.25) is 0 Å². The second kappa shape index (κ2) is 8.23. The van der Waals surface area contributed by atoms with Gasteiger partial charge < -0.3 is 15.2 Å². The van der Waals surface area contributed by atoms with E-state index >= 15 is 0 Å². The molecule has 1 aliphatic rings. The number of nitrogens with one attached hydrogen (secondary N) is 1. The first-order chi connectivity index (χ1) is 10.2. The Balaban J connectivity index is 1.72. The van der Waals surface area contributed by atoms with E-state index in [4.69, 9.17) is 21.6 Å². The van der Waals surface area contributed by atoms with E-state index in [1.165, 1.54) is 19.3 Å². The van der Waals surface area contributed by atoms with Crippen molar-refractivity contribution in [2.45, 2.75) is 44.3 Å². The Morgan fingerprint density at radius 3 is 2.81 bits per heavy atom. The summed E-state index contributed by atoms with van der Waals surface area (Å²) in [5, 5.41) is 22.3. The highest BCUT2D eigenvalue weighted by Crippen LogP contribution is 2.21. The standard InChI is InChI=1S/C16H21ClN2O2/c17-16-8-13(7-6-12(16)9-18)19-10-14(20)11-21-15-4-2-1-3-5-15/h6-8,14-15,19-20H,1-5,10-11H2. The second-order valence-corrected chi connectivity index (χ2v) is 5.84. The van der Waals surface area contributed by atoms with Crippen molar-refractivity contribution in [2.75, 3.05) is 18.5 Å². The van der Waals surface area contributed by atoms with Crippen LogP contribution in [-0.2, 0) is 4.74 Å². The van der Waals surface area contributed by atoms with E-state index in [0.717, 1.165) is 18.5 Å². The van der Waals surface area contributed by atoms with E-state index in [-0.39, 0.29) is 0 Å². The van der Waals surface area contributed by atoms with Crippen molar-refractivity contribution in [3.8, 4) is 6.07 Å². The van der Waals surface area contributed by atoms with Gasteiger partial charge in [-0.15, -0.1) is 0 Å². The Labute approximate surface area is 130 Å².